The normalized spacial score (nSPS) is 12.2. The highest BCUT2D eigenvalue weighted by molar-refractivity contribution is 9.10. The van der Waals surface area contributed by atoms with Crippen LogP contribution in [0.1, 0.15) is 24.8 Å². The molecule has 0 aliphatic carbocycles. The number of aromatic nitrogens is 2. The van der Waals surface area contributed by atoms with E-state index in [9.17, 15) is 0 Å². The van der Waals surface area contributed by atoms with Crippen LogP contribution in [-0.2, 0) is 0 Å². The van der Waals surface area contributed by atoms with E-state index in [1.165, 1.54) is 11.9 Å². The fourth-order valence-corrected chi connectivity index (χ4v) is 2.30. The van der Waals surface area contributed by atoms with Gasteiger partial charge in [0.05, 0.1) is 4.47 Å². The Hall–Kier alpha value is -1.13. The van der Waals surface area contributed by atoms with E-state index in [0.29, 0.717) is 15.5 Å². The Balaban J connectivity index is 1.88. The van der Waals surface area contributed by atoms with Crippen molar-refractivity contribution in [3.63, 3.8) is 0 Å². The number of benzene rings is 1. The molecule has 2 aromatic rings. The lowest BCUT2D eigenvalue weighted by Gasteiger charge is -2.13. The molecule has 1 N–H and O–H groups in total. The number of halogens is 2. The van der Waals surface area contributed by atoms with Gasteiger partial charge in [-0.1, -0.05) is 48.9 Å². The summed E-state index contributed by atoms with van der Waals surface area (Å²) in [5.41, 5.74) is 1.35. The average molecular weight is 341 g/mol. The lowest BCUT2D eigenvalue weighted by molar-refractivity contribution is 0.704. The van der Waals surface area contributed by atoms with Crippen LogP contribution in [0.5, 0.6) is 0 Å². The van der Waals surface area contributed by atoms with Crippen molar-refractivity contribution in [1.29, 1.82) is 0 Å². The van der Waals surface area contributed by atoms with Gasteiger partial charge in [-0.15, -0.1) is 0 Å². The Morgan fingerprint density at radius 1 is 1.26 bits per heavy atom. The quantitative estimate of drug-likeness (QED) is 0.814. The third-order valence-corrected chi connectivity index (χ3v) is 4.25. The number of hydrogen-bond acceptors (Lipinski definition) is 3. The van der Waals surface area contributed by atoms with Gasteiger partial charge in [-0.05, 0) is 33.8 Å². The molecule has 100 valence electrons. The number of hydrogen-bond donors (Lipinski definition) is 1. The monoisotopic (exact) mass is 339 g/mol. The third-order valence-electron chi connectivity index (χ3n) is 2.99. The molecule has 0 aliphatic heterocycles. The second-order valence-electron chi connectivity index (χ2n) is 4.35. The summed E-state index contributed by atoms with van der Waals surface area (Å²) in [6, 6.07) is 10.5. The summed E-state index contributed by atoms with van der Waals surface area (Å²) < 4.78 is 0.712. The van der Waals surface area contributed by atoms with Gasteiger partial charge in [0.2, 0.25) is 0 Å². The molecule has 0 saturated heterocycles. The van der Waals surface area contributed by atoms with E-state index >= 15 is 0 Å². The van der Waals surface area contributed by atoms with Gasteiger partial charge >= 0.3 is 0 Å². The van der Waals surface area contributed by atoms with Crippen molar-refractivity contribution in [3.8, 4) is 0 Å². The van der Waals surface area contributed by atoms with Crippen molar-refractivity contribution in [3.05, 3.63) is 51.8 Å². The van der Waals surface area contributed by atoms with Crippen LogP contribution in [-0.4, -0.2) is 16.5 Å². The fourth-order valence-electron chi connectivity index (χ4n) is 1.83. The number of nitrogens with one attached hydrogen (secondary N) is 1. The van der Waals surface area contributed by atoms with Gasteiger partial charge in [0.15, 0.2) is 0 Å². The van der Waals surface area contributed by atoms with Gasteiger partial charge < -0.3 is 5.32 Å². The van der Waals surface area contributed by atoms with Crippen molar-refractivity contribution in [2.45, 2.75) is 19.3 Å². The van der Waals surface area contributed by atoms with Gasteiger partial charge in [0.25, 0.3) is 0 Å². The molecule has 0 amide bonds. The summed E-state index contributed by atoms with van der Waals surface area (Å²) in [6.45, 7) is 3.06. The molecular weight excluding hydrogens is 326 g/mol. The van der Waals surface area contributed by atoms with Gasteiger partial charge in [0.1, 0.15) is 17.3 Å². The summed E-state index contributed by atoms with van der Waals surface area (Å²) in [4.78, 5) is 8.05. The van der Waals surface area contributed by atoms with Crippen LogP contribution in [0.3, 0.4) is 0 Å². The first-order chi connectivity index (χ1) is 9.18. The number of rotatable bonds is 5. The largest absolute Gasteiger partial charge is 0.369 e. The maximum absolute atomic E-state index is 5.91. The maximum Gasteiger partial charge on any atom is 0.148 e. The molecule has 19 heavy (non-hydrogen) atoms. The molecule has 0 radical (unpaired) electrons. The smallest absolute Gasteiger partial charge is 0.148 e. The summed E-state index contributed by atoms with van der Waals surface area (Å²) in [5, 5.41) is 3.70. The molecule has 1 heterocycles. The van der Waals surface area contributed by atoms with Crippen LogP contribution in [0, 0.1) is 0 Å². The van der Waals surface area contributed by atoms with Crippen LogP contribution < -0.4 is 5.32 Å². The molecule has 0 saturated carbocycles. The van der Waals surface area contributed by atoms with E-state index in [2.05, 4.69) is 62.4 Å². The van der Waals surface area contributed by atoms with Crippen LogP contribution in [0.15, 0.2) is 41.1 Å². The number of nitrogens with zero attached hydrogens (tertiary/aromatic N) is 2. The zero-order valence-electron chi connectivity index (χ0n) is 10.6. The molecule has 0 aliphatic rings. The van der Waals surface area contributed by atoms with Crippen molar-refractivity contribution in [1.82, 2.24) is 9.97 Å². The predicted molar refractivity (Wildman–Crippen MR) is 82.7 cm³/mol. The molecule has 0 spiro atoms. The van der Waals surface area contributed by atoms with E-state index in [1.807, 2.05) is 6.07 Å². The fraction of sp³-hybridized carbons (Fsp3) is 0.286. The molecule has 1 unspecified atom stereocenters. The maximum atomic E-state index is 5.91. The predicted octanol–water partition coefficient (Wildman–Crippen LogP) is 4.50. The molecule has 0 bridgehead atoms. The second kappa shape index (κ2) is 6.87. The first kappa shape index (κ1) is 14.3. The van der Waals surface area contributed by atoms with Crippen LogP contribution in [0.25, 0.3) is 0 Å². The molecule has 0 fully saturated rings. The topological polar surface area (TPSA) is 37.8 Å². The Labute approximate surface area is 126 Å². The van der Waals surface area contributed by atoms with Crippen molar-refractivity contribution >= 4 is 33.3 Å². The highest BCUT2D eigenvalue weighted by atomic mass is 79.9. The molecule has 1 aromatic carbocycles. The Bertz CT molecular complexity index is 533. The molecule has 1 aromatic heterocycles. The SMILES string of the molecule is CC(CCNc1ncnc(Cl)c1Br)c1ccccc1. The van der Waals surface area contributed by atoms with Crippen molar-refractivity contribution < 1.29 is 0 Å². The Kier molecular flexibility index (Phi) is 5.16. The van der Waals surface area contributed by atoms with E-state index in [4.69, 9.17) is 11.6 Å². The van der Waals surface area contributed by atoms with E-state index in [-0.39, 0.29) is 0 Å². The van der Waals surface area contributed by atoms with Gasteiger partial charge in [-0.3, -0.25) is 0 Å². The Morgan fingerprint density at radius 3 is 2.74 bits per heavy atom. The molecular formula is C14H15BrClN3. The van der Waals surface area contributed by atoms with E-state index < -0.39 is 0 Å². The standard InChI is InChI=1S/C14H15BrClN3/c1-10(11-5-3-2-4-6-11)7-8-17-14-12(15)13(16)18-9-19-14/h2-6,9-10H,7-8H2,1H3,(H,17,18,19). The minimum Gasteiger partial charge on any atom is -0.369 e. The van der Waals surface area contributed by atoms with Crippen LogP contribution in [0.4, 0.5) is 5.82 Å². The minimum absolute atomic E-state index is 0.425. The van der Waals surface area contributed by atoms with Crippen LogP contribution >= 0.6 is 27.5 Å². The first-order valence-electron chi connectivity index (χ1n) is 6.13. The van der Waals surface area contributed by atoms with Crippen molar-refractivity contribution in [2.75, 3.05) is 11.9 Å². The lowest BCUT2D eigenvalue weighted by Crippen LogP contribution is -2.08. The molecule has 5 heteroatoms. The number of anilines is 1. The summed E-state index contributed by atoms with van der Waals surface area (Å²) >= 11 is 9.29. The summed E-state index contributed by atoms with van der Waals surface area (Å²) in [6.07, 6.45) is 2.48. The summed E-state index contributed by atoms with van der Waals surface area (Å²) in [5.74, 6) is 1.24. The average Bonchev–Trinajstić information content (AvgIpc) is 2.44. The molecule has 1 atom stereocenters. The van der Waals surface area contributed by atoms with E-state index in [1.54, 1.807) is 0 Å². The highest BCUT2D eigenvalue weighted by Gasteiger charge is 2.08. The zero-order valence-corrected chi connectivity index (χ0v) is 12.9. The van der Waals surface area contributed by atoms with Crippen molar-refractivity contribution in [2.24, 2.45) is 0 Å². The second-order valence-corrected chi connectivity index (χ2v) is 5.51. The third kappa shape index (κ3) is 3.91. The van der Waals surface area contributed by atoms with Gasteiger partial charge in [-0.25, -0.2) is 9.97 Å². The zero-order chi connectivity index (χ0) is 13.7. The molecule has 3 nitrogen and oxygen atoms in total. The van der Waals surface area contributed by atoms with Gasteiger partial charge in [-0.2, -0.15) is 0 Å². The summed E-state index contributed by atoms with van der Waals surface area (Å²) in [7, 11) is 0. The Morgan fingerprint density at radius 2 is 2.00 bits per heavy atom. The van der Waals surface area contributed by atoms with Gasteiger partial charge in [0, 0.05) is 6.54 Å². The van der Waals surface area contributed by atoms with Crippen LogP contribution in [0.2, 0.25) is 5.15 Å². The first-order valence-corrected chi connectivity index (χ1v) is 7.30. The molecule has 2 rings (SSSR count). The lowest BCUT2D eigenvalue weighted by atomic mass is 9.98. The minimum atomic E-state index is 0.425. The highest BCUT2D eigenvalue weighted by Crippen LogP contribution is 2.26. The van der Waals surface area contributed by atoms with E-state index in [0.717, 1.165) is 18.8 Å².